The first-order valence-electron chi connectivity index (χ1n) is 11.6. The number of ether oxygens (including phenoxy) is 1. The van der Waals surface area contributed by atoms with Crippen molar-refractivity contribution < 1.29 is 9.53 Å². The van der Waals surface area contributed by atoms with Crippen LogP contribution in [0.5, 0.6) is 5.75 Å². The minimum atomic E-state index is -0.136. The zero-order valence-corrected chi connectivity index (χ0v) is 20.2. The molecule has 0 aliphatic rings. The van der Waals surface area contributed by atoms with Crippen LogP contribution < -0.4 is 10.1 Å². The van der Waals surface area contributed by atoms with E-state index in [-0.39, 0.29) is 11.9 Å². The summed E-state index contributed by atoms with van der Waals surface area (Å²) in [5, 5.41) is 8.02. The minimum absolute atomic E-state index is 0.0231. The van der Waals surface area contributed by atoms with Crippen molar-refractivity contribution in [2.45, 2.75) is 39.7 Å². The molecule has 0 spiro atoms. The van der Waals surface area contributed by atoms with Crippen LogP contribution in [0.2, 0.25) is 0 Å². The molecule has 0 bridgehead atoms. The van der Waals surface area contributed by atoms with Gasteiger partial charge in [0, 0.05) is 11.6 Å². The number of aryl methyl sites for hydroxylation is 3. The Kier molecular flexibility index (Phi) is 7.12. The average molecular weight is 454 g/mol. The van der Waals surface area contributed by atoms with Gasteiger partial charge in [-0.1, -0.05) is 54.6 Å². The molecule has 4 aromatic rings. The second-order valence-corrected chi connectivity index (χ2v) is 8.75. The van der Waals surface area contributed by atoms with Gasteiger partial charge in [0.25, 0.3) is 5.91 Å². The van der Waals surface area contributed by atoms with Gasteiger partial charge in [0.05, 0.1) is 18.5 Å². The summed E-state index contributed by atoms with van der Waals surface area (Å²) in [7, 11) is 1.64. The number of nitrogens with zero attached hydrogens (tertiary/aromatic N) is 2. The molecule has 0 radical (unpaired) electrons. The lowest BCUT2D eigenvalue weighted by molar-refractivity contribution is 0.0930. The Hall–Kier alpha value is -3.86. The predicted molar refractivity (Wildman–Crippen MR) is 137 cm³/mol. The van der Waals surface area contributed by atoms with E-state index in [9.17, 15) is 4.79 Å². The molecule has 1 heterocycles. The third-order valence-electron chi connectivity index (χ3n) is 5.99. The standard InChI is InChI=1S/C29H31N3O2/c1-20-13-14-21(2)27(17-20)32-28(19-26(31-32)24-11-8-12-25(18-24)34-4)29(33)30-22(3)15-16-23-9-6-5-7-10-23/h5-14,17-19,22H,15-16H2,1-4H3,(H,30,33)/t22-/m0/s1. The number of carbonyl (C=O) groups is 1. The minimum Gasteiger partial charge on any atom is -0.497 e. The van der Waals surface area contributed by atoms with Gasteiger partial charge < -0.3 is 10.1 Å². The largest absolute Gasteiger partial charge is 0.497 e. The quantitative estimate of drug-likeness (QED) is 0.360. The van der Waals surface area contributed by atoms with E-state index in [1.54, 1.807) is 11.8 Å². The highest BCUT2D eigenvalue weighted by molar-refractivity contribution is 5.94. The topological polar surface area (TPSA) is 56.1 Å². The van der Waals surface area contributed by atoms with Crippen LogP contribution in [0.3, 0.4) is 0 Å². The number of hydrogen-bond acceptors (Lipinski definition) is 3. The lowest BCUT2D eigenvalue weighted by atomic mass is 10.1. The Labute approximate surface area is 201 Å². The summed E-state index contributed by atoms with van der Waals surface area (Å²) in [6.45, 7) is 6.12. The fourth-order valence-electron chi connectivity index (χ4n) is 4.00. The summed E-state index contributed by atoms with van der Waals surface area (Å²) in [5.74, 6) is 0.613. The van der Waals surface area contributed by atoms with Crippen LogP contribution in [0.15, 0.2) is 78.9 Å². The highest BCUT2D eigenvalue weighted by Crippen LogP contribution is 2.26. The van der Waals surface area contributed by atoms with Crippen molar-refractivity contribution in [2.24, 2.45) is 0 Å². The monoisotopic (exact) mass is 453 g/mol. The summed E-state index contributed by atoms with van der Waals surface area (Å²) in [5.41, 5.74) is 6.47. The molecule has 34 heavy (non-hydrogen) atoms. The van der Waals surface area contributed by atoms with Crippen molar-refractivity contribution in [3.8, 4) is 22.7 Å². The van der Waals surface area contributed by atoms with Crippen molar-refractivity contribution in [3.63, 3.8) is 0 Å². The van der Waals surface area contributed by atoms with Crippen LogP contribution in [0.1, 0.15) is 40.5 Å². The third kappa shape index (κ3) is 5.37. The van der Waals surface area contributed by atoms with E-state index in [1.807, 2.05) is 69.3 Å². The van der Waals surface area contributed by atoms with Gasteiger partial charge in [-0.2, -0.15) is 5.10 Å². The number of benzene rings is 3. The van der Waals surface area contributed by atoms with E-state index in [0.29, 0.717) is 5.69 Å². The van der Waals surface area contributed by atoms with Gasteiger partial charge in [0.1, 0.15) is 11.4 Å². The normalized spacial score (nSPS) is 11.8. The number of carbonyl (C=O) groups excluding carboxylic acids is 1. The van der Waals surface area contributed by atoms with Crippen LogP contribution >= 0.6 is 0 Å². The van der Waals surface area contributed by atoms with Crippen molar-refractivity contribution in [3.05, 3.63) is 101 Å². The second kappa shape index (κ2) is 10.4. The van der Waals surface area contributed by atoms with E-state index in [4.69, 9.17) is 9.84 Å². The Morgan fingerprint density at radius 3 is 2.56 bits per heavy atom. The van der Waals surface area contributed by atoms with Gasteiger partial charge in [-0.05, 0) is 74.6 Å². The molecule has 1 amide bonds. The smallest absolute Gasteiger partial charge is 0.270 e. The lowest BCUT2D eigenvalue weighted by Gasteiger charge is -2.15. The maximum atomic E-state index is 13.4. The molecular formula is C29H31N3O2. The van der Waals surface area contributed by atoms with E-state index in [2.05, 4.69) is 35.6 Å². The van der Waals surface area contributed by atoms with Crippen LogP contribution in [0, 0.1) is 13.8 Å². The first-order chi connectivity index (χ1) is 16.4. The number of amides is 1. The molecule has 0 saturated heterocycles. The number of nitrogens with one attached hydrogen (secondary N) is 1. The van der Waals surface area contributed by atoms with E-state index in [0.717, 1.165) is 46.7 Å². The summed E-state index contributed by atoms with van der Waals surface area (Å²) in [4.78, 5) is 13.4. The summed E-state index contributed by atoms with van der Waals surface area (Å²) < 4.78 is 7.14. The Bertz CT molecular complexity index is 1280. The Morgan fingerprint density at radius 1 is 1.00 bits per heavy atom. The number of aromatic nitrogens is 2. The molecule has 1 N–H and O–H groups in total. The molecule has 0 aliphatic heterocycles. The van der Waals surface area contributed by atoms with Crippen molar-refractivity contribution in [1.82, 2.24) is 15.1 Å². The lowest BCUT2D eigenvalue weighted by Crippen LogP contribution is -2.34. The molecule has 1 atom stereocenters. The zero-order valence-electron chi connectivity index (χ0n) is 20.2. The van der Waals surface area contributed by atoms with Gasteiger partial charge in [-0.3, -0.25) is 4.79 Å². The summed E-state index contributed by atoms with van der Waals surface area (Å²) in [6.07, 6.45) is 1.77. The van der Waals surface area contributed by atoms with Crippen LogP contribution in [0.4, 0.5) is 0 Å². The molecule has 0 unspecified atom stereocenters. The Balaban J connectivity index is 1.64. The average Bonchev–Trinajstić information content (AvgIpc) is 3.30. The highest BCUT2D eigenvalue weighted by Gasteiger charge is 2.20. The Morgan fingerprint density at radius 2 is 1.79 bits per heavy atom. The van der Waals surface area contributed by atoms with Gasteiger partial charge in [0.15, 0.2) is 0 Å². The van der Waals surface area contributed by atoms with Crippen molar-refractivity contribution in [1.29, 1.82) is 0 Å². The number of rotatable bonds is 8. The fraction of sp³-hybridized carbons (Fsp3) is 0.241. The summed E-state index contributed by atoms with van der Waals surface area (Å²) >= 11 is 0. The molecule has 4 rings (SSSR count). The van der Waals surface area contributed by atoms with Crippen molar-refractivity contribution >= 4 is 5.91 Å². The second-order valence-electron chi connectivity index (χ2n) is 8.75. The van der Waals surface area contributed by atoms with Gasteiger partial charge in [-0.15, -0.1) is 0 Å². The van der Waals surface area contributed by atoms with Crippen LogP contribution in [-0.2, 0) is 6.42 Å². The molecule has 174 valence electrons. The maximum absolute atomic E-state index is 13.4. The molecule has 5 heteroatoms. The number of hydrogen-bond donors (Lipinski definition) is 1. The number of methoxy groups -OCH3 is 1. The third-order valence-corrected chi connectivity index (χ3v) is 5.99. The van der Waals surface area contributed by atoms with Gasteiger partial charge in [0.2, 0.25) is 0 Å². The molecule has 0 saturated carbocycles. The first-order valence-corrected chi connectivity index (χ1v) is 11.6. The van der Waals surface area contributed by atoms with Crippen LogP contribution in [-0.4, -0.2) is 28.8 Å². The fourth-order valence-corrected chi connectivity index (χ4v) is 4.00. The maximum Gasteiger partial charge on any atom is 0.270 e. The van der Waals surface area contributed by atoms with E-state index in [1.165, 1.54) is 5.56 Å². The molecule has 0 fully saturated rings. The van der Waals surface area contributed by atoms with Crippen LogP contribution in [0.25, 0.3) is 16.9 Å². The summed E-state index contributed by atoms with van der Waals surface area (Å²) in [6, 6.07) is 26.1. The highest BCUT2D eigenvalue weighted by atomic mass is 16.5. The SMILES string of the molecule is COc1cccc(-c2cc(C(=O)N[C@@H](C)CCc3ccccc3)n(-c3cc(C)ccc3C)n2)c1. The van der Waals surface area contributed by atoms with E-state index < -0.39 is 0 Å². The molecule has 3 aromatic carbocycles. The molecule has 1 aromatic heterocycles. The molecule has 0 aliphatic carbocycles. The molecule has 5 nitrogen and oxygen atoms in total. The van der Waals surface area contributed by atoms with E-state index >= 15 is 0 Å². The predicted octanol–water partition coefficient (Wildman–Crippen LogP) is 5.92. The zero-order chi connectivity index (χ0) is 24.1. The first kappa shape index (κ1) is 23.3. The van der Waals surface area contributed by atoms with Gasteiger partial charge >= 0.3 is 0 Å². The van der Waals surface area contributed by atoms with Gasteiger partial charge in [-0.25, -0.2) is 4.68 Å². The molecular weight excluding hydrogens is 422 g/mol. The van der Waals surface area contributed by atoms with Crippen molar-refractivity contribution in [2.75, 3.05) is 7.11 Å².